The van der Waals surface area contributed by atoms with Crippen LogP contribution in [0.1, 0.15) is 5.56 Å². The number of rotatable bonds is 0. The molecule has 2 saturated heterocycles. The number of amides is 2. The smallest absolute Gasteiger partial charge is 0.324 e. The molecule has 3 aliphatic rings. The van der Waals surface area contributed by atoms with E-state index in [2.05, 4.69) is 11.9 Å². The first-order valence-electron chi connectivity index (χ1n) is 7.68. The molecule has 0 N–H and O–H groups in total. The van der Waals surface area contributed by atoms with Crippen molar-refractivity contribution in [3.05, 3.63) is 28.8 Å². The van der Waals surface area contributed by atoms with Gasteiger partial charge in [0.15, 0.2) is 0 Å². The third kappa shape index (κ3) is 2.28. The molecule has 0 radical (unpaired) electrons. The third-order valence-corrected chi connectivity index (χ3v) is 5.05. The lowest BCUT2D eigenvalue weighted by Gasteiger charge is -2.59. The number of hydrogen-bond donors (Lipinski definition) is 0. The summed E-state index contributed by atoms with van der Waals surface area (Å²) in [5, 5.41) is 0.678. The largest absolute Gasteiger partial charge is 0.375 e. The first-order chi connectivity index (χ1) is 10.6. The van der Waals surface area contributed by atoms with Crippen LogP contribution in [0.25, 0.3) is 0 Å². The van der Waals surface area contributed by atoms with E-state index in [4.69, 9.17) is 16.3 Å². The van der Waals surface area contributed by atoms with Gasteiger partial charge in [-0.1, -0.05) is 11.6 Å². The topological polar surface area (TPSA) is 36.0 Å². The van der Waals surface area contributed by atoms with Crippen molar-refractivity contribution in [2.75, 3.05) is 51.3 Å². The maximum absolute atomic E-state index is 12.8. The molecule has 1 aromatic carbocycles. The zero-order chi connectivity index (χ0) is 15.3. The quantitative estimate of drug-likeness (QED) is 0.733. The van der Waals surface area contributed by atoms with Crippen molar-refractivity contribution in [2.45, 2.75) is 6.61 Å². The number of anilines is 1. The maximum Gasteiger partial charge on any atom is 0.324 e. The fraction of sp³-hybridized carbons (Fsp3) is 0.562. The molecule has 4 rings (SSSR count). The first-order valence-corrected chi connectivity index (χ1v) is 8.05. The van der Waals surface area contributed by atoms with Gasteiger partial charge in [-0.15, -0.1) is 0 Å². The van der Waals surface area contributed by atoms with Crippen LogP contribution in [0.5, 0.6) is 0 Å². The van der Waals surface area contributed by atoms with Gasteiger partial charge in [0.05, 0.1) is 25.4 Å². The van der Waals surface area contributed by atoms with Crippen LogP contribution in [0.2, 0.25) is 5.02 Å². The molecule has 1 spiro atoms. The molecule has 3 heterocycles. The summed E-state index contributed by atoms with van der Waals surface area (Å²) < 4.78 is 5.60. The highest BCUT2D eigenvalue weighted by Crippen LogP contribution is 2.40. The molecule has 0 saturated carbocycles. The van der Waals surface area contributed by atoms with Gasteiger partial charge in [-0.05, 0) is 25.2 Å². The molecule has 0 aliphatic carbocycles. The highest BCUT2D eigenvalue weighted by molar-refractivity contribution is 6.30. The fourth-order valence-electron chi connectivity index (χ4n) is 3.96. The zero-order valence-electron chi connectivity index (χ0n) is 12.7. The molecule has 0 bridgehead atoms. The second-order valence-electron chi connectivity index (χ2n) is 6.79. The summed E-state index contributed by atoms with van der Waals surface area (Å²) in [4.78, 5) is 18.9. The molecule has 0 atom stereocenters. The van der Waals surface area contributed by atoms with Crippen molar-refractivity contribution in [3.8, 4) is 0 Å². The molecular formula is C16H20ClN3O2. The van der Waals surface area contributed by atoms with Crippen molar-refractivity contribution in [1.29, 1.82) is 0 Å². The Kier molecular flexibility index (Phi) is 3.33. The Morgan fingerprint density at radius 1 is 1.27 bits per heavy atom. The van der Waals surface area contributed by atoms with Crippen molar-refractivity contribution in [1.82, 2.24) is 9.80 Å². The van der Waals surface area contributed by atoms with Gasteiger partial charge in [0.2, 0.25) is 0 Å². The van der Waals surface area contributed by atoms with Crippen LogP contribution in [-0.2, 0) is 11.3 Å². The molecule has 22 heavy (non-hydrogen) atoms. The van der Waals surface area contributed by atoms with Crippen LogP contribution in [0, 0.1) is 5.41 Å². The Bertz CT molecular complexity index is 607. The summed E-state index contributed by atoms with van der Waals surface area (Å²) in [6, 6.07) is 5.75. The number of carbonyl (C=O) groups is 1. The average molecular weight is 322 g/mol. The van der Waals surface area contributed by atoms with E-state index in [0.29, 0.717) is 30.2 Å². The highest BCUT2D eigenvalue weighted by atomic mass is 35.5. The van der Waals surface area contributed by atoms with Gasteiger partial charge < -0.3 is 14.5 Å². The van der Waals surface area contributed by atoms with E-state index in [9.17, 15) is 4.79 Å². The summed E-state index contributed by atoms with van der Waals surface area (Å²) in [5.74, 6) is 0. The van der Waals surface area contributed by atoms with Crippen molar-refractivity contribution in [2.24, 2.45) is 5.41 Å². The highest BCUT2D eigenvalue weighted by Gasteiger charge is 2.52. The molecule has 1 aromatic rings. The van der Waals surface area contributed by atoms with Gasteiger partial charge in [-0.25, -0.2) is 4.79 Å². The molecular weight excluding hydrogens is 302 g/mol. The SMILES string of the molecule is CN1CC2(C1)CN(C(=O)N1CCOCc3cc(Cl)ccc31)C2. The van der Waals surface area contributed by atoms with Crippen molar-refractivity contribution < 1.29 is 9.53 Å². The van der Waals surface area contributed by atoms with E-state index in [1.165, 1.54) is 0 Å². The Morgan fingerprint density at radius 2 is 2.05 bits per heavy atom. The number of likely N-dealkylation sites (tertiary alicyclic amines) is 2. The van der Waals surface area contributed by atoms with Gasteiger partial charge in [-0.3, -0.25) is 4.90 Å². The summed E-state index contributed by atoms with van der Waals surface area (Å²) >= 11 is 6.06. The van der Waals surface area contributed by atoms with Crippen LogP contribution < -0.4 is 4.90 Å². The molecule has 118 valence electrons. The molecule has 5 nitrogen and oxygen atoms in total. The summed E-state index contributed by atoms with van der Waals surface area (Å²) in [6.07, 6.45) is 0. The van der Waals surface area contributed by atoms with Crippen LogP contribution in [0.15, 0.2) is 18.2 Å². The van der Waals surface area contributed by atoms with Gasteiger partial charge in [0, 0.05) is 42.2 Å². The van der Waals surface area contributed by atoms with Gasteiger partial charge in [0.1, 0.15) is 0 Å². The van der Waals surface area contributed by atoms with Gasteiger partial charge in [0.25, 0.3) is 0 Å². The van der Waals surface area contributed by atoms with Crippen LogP contribution in [-0.4, -0.2) is 62.2 Å². The number of fused-ring (bicyclic) bond motifs is 1. The standard InChI is InChI=1S/C16H20ClN3O2/c1-18-8-16(9-18)10-19(11-16)15(21)20-4-5-22-7-12-6-13(17)2-3-14(12)20/h2-3,6H,4-5,7-11H2,1H3. The average Bonchev–Trinajstić information content (AvgIpc) is 2.62. The molecule has 0 aromatic heterocycles. The van der Waals surface area contributed by atoms with E-state index in [1.807, 2.05) is 28.0 Å². The number of ether oxygens (including phenoxy) is 1. The molecule has 2 amide bonds. The lowest BCUT2D eigenvalue weighted by molar-refractivity contribution is -0.0817. The van der Waals surface area contributed by atoms with Gasteiger partial charge in [-0.2, -0.15) is 0 Å². The van der Waals surface area contributed by atoms with Crippen LogP contribution >= 0.6 is 11.6 Å². The second-order valence-corrected chi connectivity index (χ2v) is 7.22. The second kappa shape index (κ2) is 5.11. The summed E-state index contributed by atoms with van der Waals surface area (Å²) in [5.41, 5.74) is 2.27. The number of benzene rings is 1. The maximum atomic E-state index is 12.8. The molecule has 3 aliphatic heterocycles. The normalized spacial score (nSPS) is 23.5. The Hall–Kier alpha value is -1.30. The number of urea groups is 1. The Morgan fingerprint density at radius 3 is 2.77 bits per heavy atom. The first kappa shape index (κ1) is 14.3. The third-order valence-electron chi connectivity index (χ3n) is 4.81. The minimum absolute atomic E-state index is 0.0919. The van der Waals surface area contributed by atoms with E-state index in [1.54, 1.807) is 0 Å². The van der Waals surface area contributed by atoms with E-state index in [0.717, 1.165) is 37.4 Å². The van der Waals surface area contributed by atoms with E-state index < -0.39 is 0 Å². The summed E-state index contributed by atoms with van der Waals surface area (Å²) in [7, 11) is 2.13. The minimum atomic E-state index is 0.0919. The minimum Gasteiger partial charge on any atom is -0.375 e. The van der Waals surface area contributed by atoms with Crippen molar-refractivity contribution in [3.63, 3.8) is 0 Å². The Labute approximate surface area is 135 Å². The van der Waals surface area contributed by atoms with Crippen LogP contribution in [0.3, 0.4) is 0 Å². The number of nitrogens with zero attached hydrogens (tertiary/aromatic N) is 3. The van der Waals surface area contributed by atoms with Crippen molar-refractivity contribution >= 4 is 23.3 Å². The lowest BCUT2D eigenvalue weighted by Crippen LogP contribution is -2.73. The van der Waals surface area contributed by atoms with E-state index in [-0.39, 0.29) is 6.03 Å². The van der Waals surface area contributed by atoms with E-state index >= 15 is 0 Å². The molecule has 0 unspecified atom stereocenters. The number of carbonyl (C=O) groups excluding carboxylic acids is 1. The molecule has 6 heteroatoms. The number of halogens is 1. The Balaban J connectivity index is 1.52. The van der Waals surface area contributed by atoms with Gasteiger partial charge >= 0.3 is 6.03 Å². The van der Waals surface area contributed by atoms with Crippen LogP contribution in [0.4, 0.5) is 10.5 Å². The molecule has 2 fully saturated rings. The number of hydrogen-bond acceptors (Lipinski definition) is 3. The predicted octanol–water partition coefficient (Wildman–Crippen LogP) is 2.04. The predicted molar refractivity (Wildman–Crippen MR) is 85.4 cm³/mol. The monoisotopic (exact) mass is 321 g/mol. The lowest BCUT2D eigenvalue weighted by atomic mass is 9.73. The fourth-order valence-corrected chi connectivity index (χ4v) is 4.15. The summed E-state index contributed by atoms with van der Waals surface area (Å²) in [6.45, 7) is 5.61. The zero-order valence-corrected chi connectivity index (χ0v) is 13.5.